The van der Waals surface area contributed by atoms with Gasteiger partial charge in [-0.3, -0.25) is 9.78 Å². The van der Waals surface area contributed by atoms with Crippen molar-refractivity contribution in [1.82, 2.24) is 9.88 Å². The molecule has 8 heteroatoms. The van der Waals surface area contributed by atoms with E-state index in [1.165, 1.54) is 4.90 Å². The molecule has 1 aromatic heterocycles. The van der Waals surface area contributed by atoms with Crippen molar-refractivity contribution in [3.8, 4) is 0 Å². The number of rotatable bonds is 6. The summed E-state index contributed by atoms with van der Waals surface area (Å²) in [5, 5.41) is 20.5. The third-order valence-electron chi connectivity index (χ3n) is 5.42. The zero-order chi connectivity index (χ0) is 22.2. The fourth-order valence-corrected chi connectivity index (χ4v) is 5.58. The number of pyridine rings is 1. The number of fused-ring (bicyclic) bond motifs is 1. The molecule has 2 heterocycles. The van der Waals surface area contributed by atoms with Crippen LogP contribution in [-0.4, -0.2) is 59.2 Å². The Morgan fingerprint density at radius 2 is 1.81 bits per heavy atom. The van der Waals surface area contributed by atoms with Gasteiger partial charge in [-0.15, -0.1) is 0 Å². The number of nitrogens with zero attached hydrogens (tertiary/aromatic N) is 2. The highest BCUT2D eigenvalue weighted by atomic mass is 32.2. The normalized spacial score (nSPS) is 16.7. The molecule has 31 heavy (non-hydrogen) atoms. The summed E-state index contributed by atoms with van der Waals surface area (Å²) in [6.07, 6.45) is 1.15. The standard InChI is InChI=1S/C23H24N2O5S/c1-16(26)12-23(28)14-25(15-23)22(27)19-9-7-17(8-10-19)13-31(29,30)20-6-2-4-18-5-3-11-24-21(18)20/h2-11,16,26,28H,12-15H2,1H3. The molecule has 1 atom stereocenters. The highest BCUT2D eigenvalue weighted by Gasteiger charge is 2.44. The van der Waals surface area contributed by atoms with Crippen LogP contribution in [0.3, 0.4) is 0 Å². The van der Waals surface area contributed by atoms with Crippen molar-refractivity contribution in [2.75, 3.05) is 13.1 Å². The number of aliphatic hydroxyl groups excluding tert-OH is 1. The molecule has 162 valence electrons. The molecule has 1 amide bonds. The van der Waals surface area contributed by atoms with Crippen LogP contribution in [0.4, 0.5) is 0 Å². The van der Waals surface area contributed by atoms with Gasteiger partial charge in [0.15, 0.2) is 9.84 Å². The SMILES string of the molecule is CC(O)CC1(O)CN(C(=O)c2ccc(CS(=O)(=O)c3cccc4cccnc34)cc2)C1. The van der Waals surface area contributed by atoms with Crippen LogP contribution in [0.2, 0.25) is 0 Å². The summed E-state index contributed by atoms with van der Waals surface area (Å²) in [6.45, 7) is 1.94. The molecule has 1 aliphatic heterocycles. The molecular formula is C23H24N2O5S. The van der Waals surface area contributed by atoms with E-state index in [9.17, 15) is 23.4 Å². The van der Waals surface area contributed by atoms with Gasteiger partial charge in [-0.25, -0.2) is 8.42 Å². The lowest BCUT2D eigenvalue weighted by atomic mass is 9.87. The van der Waals surface area contributed by atoms with Gasteiger partial charge in [0.25, 0.3) is 5.91 Å². The Labute approximate surface area is 180 Å². The predicted molar refractivity (Wildman–Crippen MR) is 116 cm³/mol. The highest BCUT2D eigenvalue weighted by Crippen LogP contribution is 2.28. The van der Waals surface area contributed by atoms with Crippen molar-refractivity contribution >= 4 is 26.6 Å². The van der Waals surface area contributed by atoms with E-state index in [1.807, 2.05) is 12.1 Å². The zero-order valence-corrected chi connectivity index (χ0v) is 17.9. The summed E-state index contributed by atoms with van der Waals surface area (Å²) >= 11 is 0. The number of aliphatic hydroxyl groups is 2. The van der Waals surface area contributed by atoms with Gasteiger partial charge in [0.1, 0.15) is 5.60 Å². The quantitative estimate of drug-likeness (QED) is 0.608. The predicted octanol–water partition coefficient (Wildman–Crippen LogP) is 2.17. The van der Waals surface area contributed by atoms with Gasteiger partial charge in [0.05, 0.1) is 35.4 Å². The van der Waals surface area contributed by atoms with Crippen LogP contribution >= 0.6 is 0 Å². The first-order chi connectivity index (χ1) is 14.7. The molecule has 0 saturated carbocycles. The van der Waals surface area contributed by atoms with E-state index in [1.54, 1.807) is 55.6 Å². The largest absolute Gasteiger partial charge is 0.393 e. The Hall–Kier alpha value is -2.81. The van der Waals surface area contributed by atoms with Gasteiger partial charge in [-0.1, -0.05) is 30.3 Å². The number of amides is 1. The van der Waals surface area contributed by atoms with Crippen molar-refractivity contribution in [1.29, 1.82) is 0 Å². The van der Waals surface area contributed by atoms with E-state index in [0.29, 0.717) is 16.6 Å². The van der Waals surface area contributed by atoms with E-state index in [0.717, 1.165) is 5.39 Å². The first-order valence-electron chi connectivity index (χ1n) is 10.0. The maximum Gasteiger partial charge on any atom is 0.254 e. The molecule has 3 aromatic rings. The number of para-hydroxylation sites is 1. The zero-order valence-electron chi connectivity index (χ0n) is 17.1. The van der Waals surface area contributed by atoms with Gasteiger partial charge < -0.3 is 15.1 Å². The van der Waals surface area contributed by atoms with E-state index in [-0.39, 0.29) is 36.1 Å². The first-order valence-corrected chi connectivity index (χ1v) is 11.7. The van der Waals surface area contributed by atoms with Crippen LogP contribution in [0.5, 0.6) is 0 Å². The number of carbonyl (C=O) groups is 1. The van der Waals surface area contributed by atoms with Crippen molar-refractivity contribution < 1.29 is 23.4 Å². The van der Waals surface area contributed by atoms with Gasteiger partial charge in [-0.2, -0.15) is 0 Å². The van der Waals surface area contributed by atoms with Crippen molar-refractivity contribution in [2.24, 2.45) is 0 Å². The van der Waals surface area contributed by atoms with Crippen molar-refractivity contribution in [3.05, 3.63) is 71.9 Å². The lowest BCUT2D eigenvalue weighted by Crippen LogP contribution is -2.64. The van der Waals surface area contributed by atoms with Gasteiger partial charge in [0.2, 0.25) is 0 Å². The minimum Gasteiger partial charge on any atom is -0.393 e. The molecule has 0 radical (unpaired) electrons. The van der Waals surface area contributed by atoms with Crippen LogP contribution in [0.15, 0.2) is 65.7 Å². The number of benzene rings is 2. The maximum absolute atomic E-state index is 13.0. The average Bonchev–Trinajstić information content (AvgIpc) is 2.70. The smallest absolute Gasteiger partial charge is 0.254 e. The summed E-state index contributed by atoms with van der Waals surface area (Å²) < 4.78 is 26.0. The maximum atomic E-state index is 13.0. The summed E-state index contributed by atoms with van der Waals surface area (Å²) in [5.74, 6) is -0.433. The molecule has 0 aliphatic carbocycles. The summed E-state index contributed by atoms with van der Waals surface area (Å²) in [4.78, 5) is 18.5. The van der Waals surface area contributed by atoms with Crippen LogP contribution in [0.1, 0.15) is 29.3 Å². The summed E-state index contributed by atoms with van der Waals surface area (Å²) in [5.41, 5.74) is 0.384. The highest BCUT2D eigenvalue weighted by molar-refractivity contribution is 7.90. The number of aromatic nitrogens is 1. The Balaban J connectivity index is 1.47. The summed E-state index contributed by atoms with van der Waals surface area (Å²) in [7, 11) is -3.62. The average molecular weight is 441 g/mol. The number of carbonyl (C=O) groups excluding carboxylic acids is 1. The topological polar surface area (TPSA) is 108 Å². The van der Waals surface area contributed by atoms with Crippen LogP contribution in [-0.2, 0) is 15.6 Å². The molecule has 7 nitrogen and oxygen atoms in total. The number of likely N-dealkylation sites (tertiary alicyclic amines) is 1. The third-order valence-corrected chi connectivity index (χ3v) is 7.13. The Kier molecular flexibility index (Phi) is 5.55. The number of hydrogen-bond donors (Lipinski definition) is 2. The molecule has 0 bridgehead atoms. The third kappa shape index (κ3) is 4.46. The van der Waals surface area contributed by atoms with Crippen LogP contribution in [0.25, 0.3) is 10.9 Å². The molecular weight excluding hydrogens is 416 g/mol. The Morgan fingerprint density at radius 1 is 1.13 bits per heavy atom. The molecule has 1 saturated heterocycles. The molecule has 4 rings (SSSR count). The summed E-state index contributed by atoms with van der Waals surface area (Å²) in [6, 6.07) is 15.1. The first kappa shape index (κ1) is 21.4. The second-order valence-electron chi connectivity index (χ2n) is 8.23. The van der Waals surface area contributed by atoms with Crippen molar-refractivity contribution in [2.45, 2.75) is 35.7 Å². The van der Waals surface area contributed by atoms with E-state index in [2.05, 4.69) is 4.98 Å². The molecule has 1 fully saturated rings. The number of β-amino-alcohol motifs (C(OH)–C–C–N with tert-alkyl or cyclic N) is 1. The number of sulfone groups is 1. The fourth-order valence-electron chi connectivity index (χ4n) is 4.04. The minimum atomic E-state index is -3.62. The van der Waals surface area contributed by atoms with Crippen LogP contribution in [0, 0.1) is 0 Å². The second-order valence-corrected chi connectivity index (χ2v) is 10.2. The van der Waals surface area contributed by atoms with Crippen LogP contribution < -0.4 is 0 Å². The lowest BCUT2D eigenvalue weighted by molar-refractivity contribution is -0.102. The molecule has 2 aromatic carbocycles. The monoisotopic (exact) mass is 440 g/mol. The Morgan fingerprint density at radius 3 is 2.48 bits per heavy atom. The van der Waals surface area contributed by atoms with E-state index < -0.39 is 21.5 Å². The van der Waals surface area contributed by atoms with Gasteiger partial charge >= 0.3 is 0 Å². The molecule has 1 unspecified atom stereocenters. The second kappa shape index (κ2) is 8.03. The number of hydrogen-bond acceptors (Lipinski definition) is 6. The van der Waals surface area contributed by atoms with Crippen molar-refractivity contribution in [3.63, 3.8) is 0 Å². The van der Waals surface area contributed by atoms with Gasteiger partial charge in [0, 0.05) is 23.6 Å². The molecule has 2 N–H and O–H groups in total. The lowest BCUT2D eigenvalue weighted by Gasteiger charge is -2.47. The van der Waals surface area contributed by atoms with E-state index >= 15 is 0 Å². The van der Waals surface area contributed by atoms with E-state index in [4.69, 9.17) is 0 Å². The molecule has 1 aliphatic rings. The Bertz CT molecular complexity index is 1210. The minimum absolute atomic E-state index is 0.168. The van der Waals surface area contributed by atoms with Gasteiger partial charge in [-0.05, 0) is 36.8 Å². The fraction of sp³-hybridized carbons (Fsp3) is 0.304. The molecule has 0 spiro atoms.